The quantitative estimate of drug-likeness (QED) is 0.554. The van der Waals surface area contributed by atoms with Crippen LogP contribution in [0.25, 0.3) is 10.9 Å². The fraction of sp³-hybridized carbons (Fsp3) is 0.500. The predicted octanol–water partition coefficient (Wildman–Crippen LogP) is 2.96. The number of nitrogens with zero attached hydrogens (tertiary/aromatic N) is 4. The summed E-state index contributed by atoms with van der Waals surface area (Å²) >= 11 is 0.745. The Kier molecular flexibility index (Phi) is 5.68. The van der Waals surface area contributed by atoms with E-state index in [9.17, 15) is 17.6 Å². The van der Waals surface area contributed by atoms with Crippen LogP contribution >= 0.6 is 11.3 Å². The van der Waals surface area contributed by atoms with Crippen molar-refractivity contribution in [3.8, 4) is 0 Å². The van der Waals surface area contributed by atoms with Crippen molar-refractivity contribution in [1.29, 1.82) is 0 Å². The number of aromatic nitrogens is 4. The number of amides is 1. The van der Waals surface area contributed by atoms with E-state index < -0.39 is 21.0 Å². The van der Waals surface area contributed by atoms with Crippen molar-refractivity contribution in [3.63, 3.8) is 0 Å². The van der Waals surface area contributed by atoms with Gasteiger partial charge in [0.25, 0.3) is 5.91 Å². The Morgan fingerprint density at radius 1 is 1.22 bits per heavy atom. The van der Waals surface area contributed by atoms with Crippen LogP contribution in [0.3, 0.4) is 0 Å². The molecule has 1 aliphatic heterocycles. The van der Waals surface area contributed by atoms with Crippen LogP contribution in [-0.4, -0.2) is 52.5 Å². The summed E-state index contributed by atoms with van der Waals surface area (Å²) in [4.78, 5) is 21.4. The third-order valence-corrected chi connectivity index (χ3v) is 8.95. The Labute approximate surface area is 187 Å². The van der Waals surface area contributed by atoms with Gasteiger partial charge in [-0.2, -0.15) is 9.49 Å². The van der Waals surface area contributed by atoms with Crippen LogP contribution < -0.4 is 5.32 Å². The van der Waals surface area contributed by atoms with E-state index in [0.717, 1.165) is 30.4 Å². The topological polar surface area (TPSA) is 116 Å². The van der Waals surface area contributed by atoms with Crippen LogP contribution in [0.5, 0.6) is 0 Å². The van der Waals surface area contributed by atoms with E-state index in [1.54, 1.807) is 0 Å². The van der Waals surface area contributed by atoms with Gasteiger partial charge >= 0.3 is 0 Å². The van der Waals surface area contributed by atoms with Gasteiger partial charge in [-0.3, -0.25) is 14.5 Å². The second kappa shape index (κ2) is 8.49. The second-order valence-electron chi connectivity index (χ2n) is 8.17. The minimum atomic E-state index is -3.48. The van der Waals surface area contributed by atoms with Crippen molar-refractivity contribution in [3.05, 3.63) is 29.9 Å². The number of thiazole rings is 1. The molecule has 32 heavy (non-hydrogen) atoms. The summed E-state index contributed by atoms with van der Waals surface area (Å²) in [6, 6.07) is -0.733. The van der Waals surface area contributed by atoms with Crippen LogP contribution in [0, 0.1) is 11.0 Å². The van der Waals surface area contributed by atoms with Gasteiger partial charge in [0, 0.05) is 24.8 Å². The molecule has 1 aliphatic carbocycles. The van der Waals surface area contributed by atoms with E-state index in [1.165, 1.54) is 23.3 Å². The number of sulfone groups is 1. The van der Waals surface area contributed by atoms with E-state index >= 15 is 0 Å². The number of hydrogen-bond acceptors (Lipinski definition) is 8. The van der Waals surface area contributed by atoms with Crippen LogP contribution in [0.4, 0.5) is 9.52 Å². The predicted molar refractivity (Wildman–Crippen MR) is 116 cm³/mol. The molecule has 3 aromatic heterocycles. The summed E-state index contributed by atoms with van der Waals surface area (Å²) in [5.41, 5.74) is 0.476. The average molecular weight is 480 g/mol. The van der Waals surface area contributed by atoms with Gasteiger partial charge in [0.15, 0.2) is 20.1 Å². The largest absolute Gasteiger partial charge is 0.381 e. The van der Waals surface area contributed by atoms with Crippen molar-refractivity contribution in [2.75, 3.05) is 18.5 Å². The number of fused-ring (bicyclic) bond motifs is 1. The van der Waals surface area contributed by atoms with E-state index in [4.69, 9.17) is 4.74 Å². The zero-order valence-corrected chi connectivity index (χ0v) is 18.7. The molecule has 2 fully saturated rings. The molecule has 170 valence electrons. The lowest BCUT2D eigenvalue weighted by Crippen LogP contribution is -2.30. The molecular weight excluding hydrogens is 457 g/mol. The molecule has 1 saturated carbocycles. The minimum absolute atomic E-state index is 0.149. The Balaban J connectivity index is 1.52. The van der Waals surface area contributed by atoms with Gasteiger partial charge in [-0.1, -0.05) is 11.3 Å². The number of nitrogens with one attached hydrogen (secondary N) is 1. The molecule has 0 radical (unpaired) electrons. The number of anilines is 1. The van der Waals surface area contributed by atoms with E-state index in [-0.39, 0.29) is 27.1 Å². The van der Waals surface area contributed by atoms with Crippen LogP contribution in [0.1, 0.15) is 38.1 Å². The van der Waals surface area contributed by atoms with Crippen molar-refractivity contribution < 1.29 is 22.3 Å². The molecule has 5 rings (SSSR count). The summed E-state index contributed by atoms with van der Waals surface area (Å²) in [7, 11) is -3.48. The summed E-state index contributed by atoms with van der Waals surface area (Å²) in [5, 5.41) is 6.84. The zero-order chi connectivity index (χ0) is 22.3. The zero-order valence-electron chi connectivity index (χ0n) is 17.1. The Hall–Kier alpha value is -2.44. The summed E-state index contributed by atoms with van der Waals surface area (Å²) in [6.07, 6.45) is 8.82. The number of ether oxygens (including phenoxy) is 1. The first-order chi connectivity index (χ1) is 15.4. The maximum Gasteiger partial charge on any atom is 0.251 e. The van der Waals surface area contributed by atoms with Crippen LogP contribution in [0.2, 0.25) is 0 Å². The number of carbonyl (C=O) groups excluding carboxylic acids is 1. The van der Waals surface area contributed by atoms with Gasteiger partial charge in [0.05, 0.1) is 34.3 Å². The molecule has 1 N–H and O–H groups in total. The Bertz CT molecular complexity index is 1250. The molecule has 9 nitrogen and oxygen atoms in total. The third kappa shape index (κ3) is 4.14. The first-order valence-corrected chi connectivity index (χ1v) is 12.8. The number of hydrogen-bond donors (Lipinski definition) is 1. The smallest absolute Gasteiger partial charge is 0.251 e. The van der Waals surface area contributed by atoms with Gasteiger partial charge in [0.1, 0.15) is 6.04 Å². The van der Waals surface area contributed by atoms with Gasteiger partial charge < -0.3 is 10.1 Å². The maximum absolute atomic E-state index is 13.4. The highest BCUT2D eigenvalue weighted by molar-refractivity contribution is 7.92. The molecule has 2 aliphatic rings. The minimum Gasteiger partial charge on any atom is -0.381 e. The molecule has 4 heterocycles. The molecular formula is C20H22FN5O4S2. The maximum atomic E-state index is 13.4. The number of rotatable bonds is 7. The molecule has 12 heteroatoms. The number of carbonyl (C=O) groups is 1. The van der Waals surface area contributed by atoms with E-state index in [0.29, 0.717) is 43.4 Å². The Morgan fingerprint density at radius 3 is 2.69 bits per heavy atom. The standard InChI is InChI=1S/C20H22FN5O4S2/c21-18-11-23-20(31-18)25-19(27)15(7-12-3-5-30-6-4-12)26-16-9-22-10-17(14(16)8-24-26)32(28,29)13-1-2-13/h8-13,15H,1-7H2,(H,23,25,27)/t15-/m0/s1. The van der Waals surface area contributed by atoms with Gasteiger partial charge in [-0.15, -0.1) is 0 Å². The van der Waals surface area contributed by atoms with Crippen LogP contribution in [-0.2, 0) is 19.4 Å². The molecule has 0 bridgehead atoms. The van der Waals surface area contributed by atoms with Crippen molar-refractivity contribution in [2.24, 2.45) is 5.92 Å². The fourth-order valence-electron chi connectivity index (χ4n) is 4.09. The van der Waals surface area contributed by atoms with Gasteiger partial charge in [-0.05, 0) is 38.0 Å². The molecule has 0 unspecified atom stereocenters. The van der Waals surface area contributed by atoms with Crippen LogP contribution in [0.15, 0.2) is 29.7 Å². The first kappa shape index (κ1) is 21.4. The highest BCUT2D eigenvalue weighted by Crippen LogP contribution is 2.37. The molecule has 3 aromatic rings. The lowest BCUT2D eigenvalue weighted by Gasteiger charge is -2.26. The summed E-state index contributed by atoms with van der Waals surface area (Å²) in [6.45, 7) is 1.25. The monoisotopic (exact) mass is 479 g/mol. The molecule has 1 saturated heterocycles. The second-order valence-corrected chi connectivity index (χ2v) is 11.3. The Morgan fingerprint density at radius 2 is 2.00 bits per heavy atom. The van der Waals surface area contributed by atoms with Crippen molar-refractivity contribution in [2.45, 2.75) is 48.3 Å². The first-order valence-electron chi connectivity index (χ1n) is 10.5. The molecule has 1 amide bonds. The van der Waals surface area contributed by atoms with Crippen molar-refractivity contribution in [1.82, 2.24) is 19.7 Å². The number of pyridine rings is 1. The lowest BCUT2D eigenvalue weighted by atomic mass is 9.92. The molecule has 0 aromatic carbocycles. The lowest BCUT2D eigenvalue weighted by molar-refractivity contribution is -0.120. The van der Waals surface area contributed by atoms with E-state index in [1.807, 2.05) is 0 Å². The number of halogens is 1. The molecule has 0 spiro atoms. The van der Waals surface area contributed by atoms with E-state index in [2.05, 4.69) is 20.4 Å². The summed E-state index contributed by atoms with van der Waals surface area (Å²) in [5.74, 6) is -0.149. The SMILES string of the molecule is O=C(Nc1ncc(F)s1)[C@H](CC1CCOCC1)n1ncc2c(S(=O)(=O)C3CC3)cncc21. The molecule has 1 atom stereocenters. The summed E-state index contributed by atoms with van der Waals surface area (Å²) < 4.78 is 46.1. The fourth-order valence-corrected chi connectivity index (χ4v) is 6.42. The highest BCUT2D eigenvalue weighted by atomic mass is 32.2. The van der Waals surface area contributed by atoms with Gasteiger partial charge in [0.2, 0.25) is 0 Å². The highest BCUT2D eigenvalue weighted by Gasteiger charge is 2.39. The average Bonchev–Trinajstić information content (AvgIpc) is 3.46. The third-order valence-electron chi connectivity index (χ3n) is 5.96. The van der Waals surface area contributed by atoms with Crippen molar-refractivity contribution >= 4 is 43.1 Å². The van der Waals surface area contributed by atoms with Gasteiger partial charge in [-0.25, -0.2) is 13.4 Å². The normalized spacial score (nSPS) is 18.7.